The summed E-state index contributed by atoms with van der Waals surface area (Å²) in [4.78, 5) is 0. The van der Waals surface area contributed by atoms with Gasteiger partial charge in [0.2, 0.25) is 0 Å². The van der Waals surface area contributed by atoms with Gasteiger partial charge in [0.05, 0.1) is 10.2 Å². The van der Waals surface area contributed by atoms with Crippen LogP contribution in [0.15, 0.2) is 4.47 Å². The van der Waals surface area contributed by atoms with E-state index in [4.69, 9.17) is 5.73 Å². The first kappa shape index (κ1) is 10.6. The van der Waals surface area contributed by atoms with Crippen LogP contribution in [-0.2, 0) is 6.54 Å². The molecule has 0 aliphatic rings. The maximum atomic E-state index is 5.84. The number of halogens is 1. The van der Waals surface area contributed by atoms with Crippen LogP contribution in [0.5, 0.6) is 0 Å². The van der Waals surface area contributed by atoms with Gasteiger partial charge in [-0.15, -0.1) is 0 Å². The highest BCUT2D eigenvalue weighted by Crippen LogP contribution is 2.23. The summed E-state index contributed by atoms with van der Waals surface area (Å²) >= 11 is 3.40. The number of hydrogen-bond donors (Lipinski definition) is 1. The number of aryl methyl sites for hydroxylation is 2. The van der Waals surface area contributed by atoms with Crippen LogP contribution in [0.25, 0.3) is 0 Å². The lowest BCUT2D eigenvalue weighted by molar-refractivity contribution is 0.490. The fourth-order valence-electron chi connectivity index (χ4n) is 1.13. The molecule has 2 N–H and O–H groups in total. The average Bonchev–Trinajstić information content (AvgIpc) is 2.29. The minimum absolute atomic E-state index is 0.683. The maximum absolute atomic E-state index is 5.84. The molecule has 1 aromatic rings. The van der Waals surface area contributed by atoms with E-state index in [9.17, 15) is 0 Å². The Labute approximate surface area is 87.4 Å². The number of nitrogens with two attached hydrogens (primary N) is 1. The second-order valence-corrected chi connectivity index (χ2v) is 4.48. The van der Waals surface area contributed by atoms with Crippen molar-refractivity contribution >= 4 is 21.7 Å². The Morgan fingerprint density at radius 2 is 2.15 bits per heavy atom. The third-order valence-corrected chi connectivity index (χ3v) is 2.99. The van der Waals surface area contributed by atoms with Crippen LogP contribution in [0.4, 0.5) is 5.82 Å². The van der Waals surface area contributed by atoms with Gasteiger partial charge >= 0.3 is 0 Å². The molecule has 1 rings (SSSR count). The molecule has 13 heavy (non-hydrogen) atoms. The Hall–Kier alpha value is -0.510. The Kier molecular flexibility index (Phi) is 3.36. The summed E-state index contributed by atoms with van der Waals surface area (Å²) in [6, 6.07) is 0. The monoisotopic (exact) mass is 245 g/mol. The van der Waals surface area contributed by atoms with E-state index in [2.05, 4.69) is 34.9 Å². The lowest BCUT2D eigenvalue weighted by atomic mass is 10.1. The smallest absolute Gasteiger partial charge is 0.136 e. The van der Waals surface area contributed by atoms with Gasteiger partial charge < -0.3 is 5.73 Å². The lowest BCUT2D eigenvalue weighted by Gasteiger charge is -2.05. The number of hydrogen-bond acceptors (Lipinski definition) is 2. The zero-order valence-corrected chi connectivity index (χ0v) is 9.93. The van der Waals surface area contributed by atoms with Crippen LogP contribution >= 0.6 is 15.9 Å². The molecule has 0 bridgehead atoms. The number of aromatic nitrogens is 2. The molecule has 0 saturated heterocycles. The molecule has 0 atom stereocenters. The number of anilines is 1. The molecule has 0 unspecified atom stereocenters. The summed E-state index contributed by atoms with van der Waals surface area (Å²) in [5, 5.41) is 4.33. The molecule has 0 radical (unpaired) electrons. The predicted octanol–water partition coefficient (Wildman–Crippen LogP) is 2.58. The van der Waals surface area contributed by atoms with Crippen LogP contribution in [-0.4, -0.2) is 9.78 Å². The minimum Gasteiger partial charge on any atom is -0.383 e. The molecular formula is C9H16BrN3. The molecule has 74 valence electrons. The Bertz CT molecular complexity index is 291. The zero-order valence-electron chi connectivity index (χ0n) is 8.34. The second kappa shape index (κ2) is 4.13. The van der Waals surface area contributed by atoms with E-state index in [1.165, 1.54) is 0 Å². The number of nitrogens with zero attached hydrogens (tertiary/aromatic N) is 2. The molecule has 0 spiro atoms. The molecule has 0 aromatic carbocycles. The molecule has 0 aliphatic carbocycles. The van der Waals surface area contributed by atoms with Crippen LogP contribution in [0, 0.1) is 12.8 Å². The van der Waals surface area contributed by atoms with Crippen molar-refractivity contribution in [1.29, 1.82) is 0 Å². The maximum Gasteiger partial charge on any atom is 0.136 e. The van der Waals surface area contributed by atoms with Gasteiger partial charge in [-0.3, -0.25) is 0 Å². The first-order chi connectivity index (χ1) is 6.02. The van der Waals surface area contributed by atoms with Crippen molar-refractivity contribution in [2.75, 3.05) is 5.73 Å². The van der Waals surface area contributed by atoms with E-state index < -0.39 is 0 Å². The minimum atomic E-state index is 0.683. The van der Waals surface area contributed by atoms with E-state index in [0.29, 0.717) is 5.92 Å². The highest BCUT2D eigenvalue weighted by molar-refractivity contribution is 9.10. The summed E-state index contributed by atoms with van der Waals surface area (Å²) < 4.78 is 2.79. The van der Waals surface area contributed by atoms with Crippen molar-refractivity contribution in [3.8, 4) is 0 Å². The van der Waals surface area contributed by atoms with Gasteiger partial charge in [-0.05, 0) is 35.2 Å². The fourth-order valence-corrected chi connectivity index (χ4v) is 1.41. The molecule has 1 heterocycles. The quantitative estimate of drug-likeness (QED) is 0.890. The number of nitrogen functional groups attached to an aromatic ring is 1. The van der Waals surface area contributed by atoms with Crippen LogP contribution in [0.2, 0.25) is 0 Å². The third-order valence-electron chi connectivity index (χ3n) is 2.01. The van der Waals surface area contributed by atoms with Crippen LogP contribution < -0.4 is 5.73 Å². The molecule has 0 saturated carbocycles. The Balaban J connectivity index is 2.72. The van der Waals surface area contributed by atoms with Crippen molar-refractivity contribution in [3.05, 3.63) is 10.2 Å². The third kappa shape index (κ3) is 2.46. The van der Waals surface area contributed by atoms with Crippen molar-refractivity contribution < 1.29 is 0 Å². The molecule has 0 aliphatic heterocycles. The fraction of sp³-hybridized carbons (Fsp3) is 0.667. The SMILES string of the molecule is Cc1nn(CCC(C)C)c(N)c1Br. The van der Waals surface area contributed by atoms with Crippen molar-refractivity contribution in [3.63, 3.8) is 0 Å². The summed E-state index contributed by atoms with van der Waals surface area (Å²) in [5.41, 5.74) is 6.80. The first-order valence-electron chi connectivity index (χ1n) is 4.50. The van der Waals surface area contributed by atoms with E-state index in [-0.39, 0.29) is 0 Å². The first-order valence-corrected chi connectivity index (χ1v) is 5.30. The van der Waals surface area contributed by atoms with Crippen LogP contribution in [0.1, 0.15) is 26.0 Å². The standard InChI is InChI=1S/C9H16BrN3/c1-6(2)4-5-13-9(11)8(10)7(3)12-13/h6H,4-5,11H2,1-3H3. The molecule has 1 aromatic heterocycles. The zero-order chi connectivity index (χ0) is 10.0. The van der Waals surface area contributed by atoms with Crippen molar-refractivity contribution in [1.82, 2.24) is 9.78 Å². The Morgan fingerprint density at radius 1 is 1.54 bits per heavy atom. The highest BCUT2D eigenvalue weighted by Gasteiger charge is 2.09. The summed E-state index contributed by atoms with van der Waals surface area (Å²) in [7, 11) is 0. The van der Waals surface area contributed by atoms with E-state index >= 15 is 0 Å². The molecule has 3 nitrogen and oxygen atoms in total. The van der Waals surface area contributed by atoms with Gasteiger partial charge in [0.25, 0.3) is 0 Å². The Morgan fingerprint density at radius 3 is 2.54 bits per heavy atom. The van der Waals surface area contributed by atoms with Gasteiger partial charge in [-0.2, -0.15) is 5.10 Å². The summed E-state index contributed by atoms with van der Waals surface area (Å²) in [6.45, 7) is 7.24. The molecule has 0 fully saturated rings. The second-order valence-electron chi connectivity index (χ2n) is 3.69. The van der Waals surface area contributed by atoms with E-state index in [0.717, 1.165) is 29.0 Å². The average molecular weight is 246 g/mol. The van der Waals surface area contributed by atoms with Crippen LogP contribution in [0.3, 0.4) is 0 Å². The molecule has 4 heteroatoms. The highest BCUT2D eigenvalue weighted by atomic mass is 79.9. The van der Waals surface area contributed by atoms with Crippen molar-refractivity contribution in [2.24, 2.45) is 5.92 Å². The largest absolute Gasteiger partial charge is 0.383 e. The van der Waals surface area contributed by atoms with E-state index in [1.807, 2.05) is 11.6 Å². The predicted molar refractivity (Wildman–Crippen MR) is 58.5 cm³/mol. The van der Waals surface area contributed by atoms with E-state index in [1.54, 1.807) is 0 Å². The topological polar surface area (TPSA) is 43.8 Å². The summed E-state index contributed by atoms with van der Waals surface area (Å²) in [6.07, 6.45) is 1.11. The van der Waals surface area contributed by atoms with Gasteiger partial charge in [0, 0.05) is 6.54 Å². The normalized spacial score (nSPS) is 11.2. The molecular weight excluding hydrogens is 230 g/mol. The van der Waals surface area contributed by atoms with Crippen molar-refractivity contribution in [2.45, 2.75) is 33.7 Å². The van der Waals surface area contributed by atoms with Gasteiger partial charge in [-0.25, -0.2) is 4.68 Å². The lowest BCUT2D eigenvalue weighted by Crippen LogP contribution is -2.06. The van der Waals surface area contributed by atoms with Gasteiger partial charge in [0.15, 0.2) is 0 Å². The summed E-state index contributed by atoms with van der Waals surface area (Å²) in [5.74, 6) is 1.42. The van der Waals surface area contributed by atoms with Gasteiger partial charge in [0.1, 0.15) is 5.82 Å². The molecule has 0 amide bonds. The van der Waals surface area contributed by atoms with Gasteiger partial charge in [-0.1, -0.05) is 13.8 Å². The number of rotatable bonds is 3.